The van der Waals surface area contributed by atoms with Gasteiger partial charge < -0.3 is 5.11 Å². The van der Waals surface area contributed by atoms with Gasteiger partial charge in [0.2, 0.25) is 5.60 Å². The first-order valence-corrected chi connectivity index (χ1v) is 10.7. The van der Waals surface area contributed by atoms with Gasteiger partial charge in [-0.15, -0.1) is 0 Å². The lowest BCUT2D eigenvalue weighted by Gasteiger charge is -2.30. The molecule has 0 aliphatic heterocycles. The zero-order valence-electron chi connectivity index (χ0n) is 18.2. The highest BCUT2D eigenvalue weighted by molar-refractivity contribution is 5.81. The Hall–Kier alpha value is -3.71. The van der Waals surface area contributed by atoms with Gasteiger partial charge >= 0.3 is 6.18 Å². The number of alkyl halides is 3. The fraction of sp³-hybridized carbons (Fsp3) is 0.292. The Kier molecular flexibility index (Phi) is 6.15. The molecule has 0 aliphatic carbocycles. The Balaban J connectivity index is 1.81. The van der Waals surface area contributed by atoms with Crippen molar-refractivity contribution in [3.8, 4) is 11.8 Å². The van der Waals surface area contributed by atoms with E-state index in [2.05, 4.69) is 10.2 Å². The minimum atomic E-state index is -5.13. The van der Waals surface area contributed by atoms with Crippen molar-refractivity contribution >= 4 is 10.9 Å². The minimum absolute atomic E-state index is 0.332. The molecule has 0 saturated heterocycles. The standard InChI is InChI=1S/C24H21F4N5O/c1-2-3-4-11-32-15-20(21(13-29)31-32)23(34,24(26,27)28)17-5-10-22-16(12-17)14-30-33(22)19-8-6-18(25)7-9-19/h5-10,12,14-15,34H,2-4,11H2,1H3. The van der Waals surface area contributed by atoms with Gasteiger partial charge in [-0.1, -0.05) is 25.8 Å². The van der Waals surface area contributed by atoms with Crippen LogP contribution in [0, 0.1) is 17.1 Å². The van der Waals surface area contributed by atoms with Crippen molar-refractivity contribution in [2.45, 2.75) is 44.5 Å². The number of unbranched alkanes of at least 4 members (excludes halogenated alkanes) is 2. The largest absolute Gasteiger partial charge is 0.425 e. The van der Waals surface area contributed by atoms with Crippen LogP contribution < -0.4 is 0 Å². The van der Waals surface area contributed by atoms with Crippen LogP contribution in [0.25, 0.3) is 16.6 Å². The molecule has 0 amide bonds. The summed E-state index contributed by atoms with van der Waals surface area (Å²) < 4.78 is 59.1. The summed E-state index contributed by atoms with van der Waals surface area (Å²) in [5.74, 6) is -0.429. The highest BCUT2D eigenvalue weighted by Crippen LogP contribution is 2.46. The molecule has 0 radical (unpaired) electrons. The number of rotatable bonds is 7. The number of halogens is 4. The summed E-state index contributed by atoms with van der Waals surface area (Å²) in [7, 11) is 0. The molecule has 0 fully saturated rings. The second-order valence-corrected chi connectivity index (χ2v) is 7.99. The monoisotopic (exact) mass is 471 g/mol. The van der Waals surface area contributed by atoms with Crippen molar-refractivity contribution in [2.24, 2.45) is 0 Å². The molecule has 0 spiro atoms. The zero-order chi connectivity index (χ0) is 24.5. The average Bonchev–Trinajstić information content (AvgIpc) is 3.42. The molecular weight excluding hydrogens is 450 g/mol. The van der Waals surface area contributed by atoms with Crippen LogP contribution in [0.4, 0.5) is 17.6 Å². The van der Waals surface area contributed by atoms with E-state index in [1.54, 1.807) is 6.07 Å². The van der Waals surface area contributed by atoms with E-state index < -0.39 is 34.4 Å². The number of benzene rings is 2. The first kappa shape index (κ1) is 23.4. The van der Waals surface area contributed by atoms with Crippen molar-refractivity contribution in [2.75, 3.05) is 0 Å². The van der Waals surface area contributed by atoms with Gasteiger partial charge in [-0.25, -0.2) is 9.07 Å². The van der Waals surface area contributed by atoms with E-state index in [1.807, 2.05) is 6.92 Å². The summed E-state index contributed by atoms with van der Waals surface area (Å²) in [5, 5.41) is 29.1. The summed E-state index contributed by atoms with van der Waals surface area (Å²) in [6.07, 6.45) is -0.225. The van der Waals surface area contributed by atoms with Gasteiger partial charge in [-0.2, -0.15) is 28.6 Å². The molecule has 2 aromatic carbocycles. The Morgan fingerprint density at radius 1 is 1.09 bits per heavy atom. The maximum absolute atomic E-state index is 14.4. The Morgan fingerprint density at radius 3 is 2.47 bits per heavy atom. The molecule has 0 bridgehead atoms. The van der Waals surface area contributed by atoms with Crippen molar-refractivity contribution in [1.82, 2.24) is 19.6 Å². The molecule has 0 aliphatic rings. The first-order chi connectivity index (χ1) is 16.2. The summed E-state index contributed by atoms with van der Waals surface area (Å²) in [6, 6.07) is 10.9. The molecule has 1 atom stereocenters. The van der Waals surface area contributed by atoms with Gasteiger partial charge in [0.15, 0.2) is 5.69 Å². The lowest BCUT2D eigenvalue weighted by molar-refractivity contribution is -0.248. The summed E-state index contributed by atoms with van der Waals surface area (Å²) in [4.78, 5) is 0. The topological polar surface area (TPSA) is 79.7 Å². The average molecular weight is 471 g/mol. The maximum atomic E-state index is 14.4. The van der Waals surface area contributed by atoms with Crippen LogP contribution in [-0.4, -0.2) is 30.8 Å². The van der Waals surface area contributed by atoms with Crippen LogP contribution >= 0.6 is 0 Å². The highest BCUT2D eigenvalue weighted by atomic mass is 19.4. The van der Waals surface area contributed by atoms with E-state index in [0.717, 1.165) is 25.1 Å². The van der Waals surface area contributed by atoms with E-state index in [4.69, 9.17) is 0 Å². The van der Waals surface area contributed by atoms with Crippen LogP contribution in [0.2, 0.25) is 0 Å². The SMILES string of the molecule is CCCCCn1cc(C(O)(c2ccc3c(cnn3-c3ccc(F)cc3)c2)C(F)(F)F)c(C#N)n1. The number of hydrogen-bond acceptors (Lipinski definition) is 4. The van der Waals surface area contributed by atoms with Gasteiger partial charge in [-0.05, 0) is 48.4 Å². The molecule has 34 heavy (non-hydrogen) atoms. The molecule has 6 nitrogen and oxygen atoms in total. The molecule has 1 N–H and O–H groups in total. The molecular formula is C24H21F4N5O. The third kappa shape index (κ3) is 4.03. The Bertz CT molecular complexity index is 1350. The Morgan fingerprint density at radius 2 is 1.82 bits per heavy atom. The number of nitrogens with zero attached hydrogens (tertiary/aromatic N) is 5. The lowest BCUT2D eigenvalue weighted by Crippen LogP contribution is -2.43. The molecule has 2 aromatic heterocycles. The number of aromatic nitrogens is 4. The second-order valence-electron chi connectivity index (χ2n) is 7.99. The number of nitriles is 1. The fourth-order valence-corrected chi connectivity index (χ4v) is 3.92. The normalized spacial score (nSPS) is 13.7. The summed E-state index contributed by atoms with van der Waals surface area (Å²) in [5.41, 5.74) is -4.03. The van der Waals surface area contributed by atoms with E-state index >= 15 is 0 Å². The predicted octanol–water partition coefficient (Wildman–Crippen LogP) is 5.22. The smallest absolute Gasteiger partial charge is 0.372 e. The quantitative estimate of drug-likeness (QED) is 0.296. The number of aliphatic hydroxyl groups is 1. The van der Waals surface area contributed by atoms with E-state index in [1.165, 1.54) is 52.0 Å². The number of fused-ring (bicyclic) bond motifs is 1. The van der Waals surface area contributed by atoms with Crippen LogP contribution in [0.15, 0.2) is 54.9 Å². The van der Waals surface area contributed by atoms with Crippen LogP contribution in [0.1, 0.15) is 43.0 Å². The van der Waals surface area contributed by atoms with Crippen LogP contribution in [0.5, 0.6) is 0 Å². The maximum Gasteiger partial charge on any atom is 0.425 e. The van der Waals surface area contributed by atoms with Crippen LogP contribution in [0.3, 0.4) is 0 Å². The van der Waals surface area contributed by atoms with E-state index in [0.29, 0.717) is 29.6 Å². The van der Waals surface area contributed by atoms with Crippen LogP contribution in [-0.2, 0) is 12.1 Å². The number of hydrogen-bond donors (Lipinski definition) is 1. The van der Waals surface area contributed by atoms with E-state index in [-0.39, 0.29) is 0 Å². The van der Waals surface area contributed by atoms with Gasteiger partial charge in [0.1, 0.15) is 11.9 Å². The third-order valence-corrected chi connectivity index (χ3v) is 5.72. The van der Waals surface area contributed by atoms with Crippen molar-refractivity contribution in [1.29, 1.82) is 5.26 Å². The summed E-state index contributed by atoms with van der Waals surface area (Å²) >= 11 is 0. The van der Waals surface area contributed by atoms with E-state index in [9.17, 15) is 27.9 Å². The Labute approximate surface area is 192 Å². The van der Waals surface area contributed by atoms with Gasteiger partial charge in [0.05, 0.1) is 23.0 Å². The number of aryl methyl sites for hydroxylation is 1. The molecule has 4 rings (SSSR count). The lowest BCUT2D eigenvalue weighted by atomic mass is 9.85. The van der Waals surface area contributed by atoms with Gasteiger partial charge in [0, 0.05) is 18.1 Å². The second kappa shape index (κ2) is 8.91. The predicted molar refractivity (Wildman–Crippen MR) is 117 cm³/mol. The molecule has 10 heteroatoms. The van der Waals surface area contributed by atoms with Crippen molar-refractivity contribution in [3.05, 3.63) is 77.5 Å². The zero-order valence-corrected chi connectivity index (χ0v) is 18.2. The first-order valence-electron chi connectivity index (χ1n) is 10.7. The van der Waals surface area contributed by atoms with Gasteiger partial charge in [0.25, 0.3) is 0 Å². The van der Waals surface area contributed by atoms with Crippen molar-refractivity contribution in [3.63, 3.8) is 0 Å². The molecule has 2 heterocycles. The molecule has 1 unspecified atom stereocenters. The highest BCUT2D eigenvalue weighted by Gasteiger charge is 2.58. The minimum Gasteiger partial charge on any atom is -0.372 e. The molecule has 176 valence electrons. The van der Waals surface area contributed by atoms with Gasteiger partial charge in [-0.3, -0.25) is 4.68 Å². The van der Waals surface area contributed by atoms with Crippen molar-refractivity contribution < 1.29 is 22.7 Å². The molecule has 0 saturated carbocycles. The molecule has 4 aromatic rings. The fourth-order valence-electron chi connectivity index (χ4n) is 3.92. The third-order valence-electron chi connectivity index (χ3n) is 5.72. The summed E-state index contributed by atoms with van der Waals surface area (Å²) in [6.45, 7) is 2.33.